The lowest BCUT2D eigenvalue weighted by Crippen LogP contribution is -2.13. The highest BCUT2D eigenvalue weighted by molar-refractivity contribution is 7.98. The molecule has 8 nitrogen and oxygen atoms in total. The van der Waals surface area contributed by atoms with E-state index in [1.165, 1.54) is 18.1 Å². The molecule has 3 aromatic heterocycles. The van der Waals surface area contributed by atoms with Crippen LogP contribution in [0.3, 0.4) is 0 Å². The van der Waals surface area contributed by atoms with E-state index in [9.17, 15) is 4.79 Å². The van der Waals surface area contributed by atoms with Crippen molar-refractivity contribution in [3.05, 3.63) is 78.3 Å². The first-order chi connectivity index (χ1) is 13.7. The number of amides is 1. The maximum atomic E-state index is 12.7. The Balaban J connectivity index is 1.46. The molecule has 140 valence electrons. The molecule has 4 rings (SSSR count). The summed E-state index contributed by atoms with van der Waals surface area (Å²) in [4.78, 5) is 21.0. The molecule has 9 heteroatoms. The predicted octanol–water partition coefficient (Wildman–Crippen LogP) is 3.50. The van der Waals surface area contributed by atoms with Crippen molar-refractivity contribution in [2.45, 2.75) is 17.7 Å². The second kappa shape index (κ2) is 8.05. The molecule has 3 heterocycles. The molecule has 0 bridgehead atoms. The Morgan fingerprint density at radius 2 is 2.11 bits per heavy atom. The van der Waals surface area contributed by atoms with Gasteiger partial charge in [0.1, 0.15) is 23.4 Å². The van der Waals surface area contributed by atoms with E-state index in [1.807, 2.05) is 37.3 Å². The van der Waals surface area contributed by atoms with Gasteiger partial charge in [-0.2, -0.15) is 5.10 Å². The van der Waals surface area contributed by atoms with Gasteiger partial charge in [0.2, 0.25) is 0 Å². The van der Waals surface area contributed by atoms with Gasteiger partial charge in [-0.1, -0.05) is 16.9 Å². The van der Waals surface area contributed by atoms with Crippen molar-refractivity contribution < 1.29 is 9.32 Å². The smallest absolute Gasteiger partial charge is 0.258 e. The minimum Gasteiger partial charge on any atom is -0.361 e. The topological polar surface area (TPSA) is 98.7 Å². The summed E-state index contributed by atoms with van der Waals surface area (Å²) in [5.41, 5.74) is 2.85. The van der Waals surface area contributed by atoms with Crippen molar-refractivity contribution in [3.8, 4) is 5.69 Å². The molecular formula is C19H16N6O2S. The van der Waals surface area contributed by atoms with Gasteiger partial charge in [0.25, 0.3) is 5.91 Å². The average molecular weight is 392 g/mol. The second-order valence-corrected chi connectivity index (χ2v) is 6.88. The van der Waals surface area contributed by atoms with Crippen molar-refractivity contribution in [2.75, 3.05) is 5.32 Å². The fourth-order valence-electron chi connectivity index (χ4n) is 2.54. The first-order valence-corrected chi connectivity index (χ1v) is 9.44. The largest absolute Gasteiger partial charge is 0.361 e. The van der Waals surface area contributed by atoms with E-state index in [4.69, 9.17) is 4.52 Å². The molecule has 0 aliphatic rings. The highest BCUT2D eigenvalue weighted by atomic mass is 32.2. The van der Waals surface area contributed by atoms with Gasteiger partial charge >= 0.3 is 0 Å². The standard InChI is InChI=1S/C19H16N6O2S/c1-13-9-15(24-27-13)10-28-19-17(3-2-8-21-19)18(26)23-14-4-6-16(7-5-14)25-12-20-11-22-25/h2-9,11-12H,10H2,1H3,(H,23,26). The molecule has 4 aromatic rings. The molecule has 1 amide bonds. The minimum absolute atomic E-state index is 0.222. The van der Waals surface area contributed by atoms with Crippen molar-refractivity contribution in [2.24, 2.45) is 0 Å². The summed E-state index contributed by atoms with van der Waals surface area (Å²) in [5.74, 6) is 1.10. The van der Waals surface area contributed by atoms with Crippen molar-refractivity contribution in [3.63, 3.8) is 0 Å². The van der Waals surface area contributed by atoms with Crippen LogP contribution in [0.4, 0.5) is 5.69 Å². The maximum absolute atomic E-state index is 12.7. The molecule has 0 aliphatic carbocycles. The van der Waals surface area contributed by atoms with Crippen molar-refractivity contribution in [1.29, 1.82) is 0 Å². The molecule has 0 saturated heterocycles. The number of aryl methyl sites for hydroxylation is 1. The van der Waals surface area contributed by atoms with Gasteiger partial charge in [0, 0.05) is 23.7 Å². The summed E-state index contributed by atoms with van der Waals surface area (Å²) in [6, 6.07) is 12.7. The molecule has 0 unspecified atom stereocenters. The van der Waals surface area contributed by atoms with E-state index < -0.39 is 0 Å². The first kappa shape index (κ1) is 17.9. The zero-order valence-corrected chi connectivity index (χ0v) is 15.8. The molecule has 0 radical (unpaired) electrons. The SMILES string of the molecule is Cc1cc(CSc2ncccc2C(=O)Nc2ccc(-n3cncn3)cc2)no1. The van der Waals surface area contributed by atoms with Gasteiger partial charge in [0.15, 0.2) is 0 Å². The molecule has 0 aliphatic heterocycles. The summed E-state index contributed by atoms with van der Waals surface area (Å²) >= 11 is 1.44. The van der Waals surface area contributed by atoms with E-state index in [0.717, 1.165) is 17.1 Å². The Morgan fingerprint density at radius 1 is 1.25 bits per heavy atom. The van der Waals surface area contributed by atoms with E-state index in [0.29, 0.717) is 22.0 Å². The van der Waals surface area contributed by atoms with Gasteiger partial charge in [0.05, 0.1) is 16.9 Å². The number of thioether (sulfide) groups is 1. The number of nitrogens with zero attached hydrogens (tertiary/aromatic N) is 5. The fourth-order valence-corrected chi connectivity index (χ4v) is 3.42. The Morgan fingerprint density at radius 3 is 2.82 bits per heavy atom. The molecular weight excluding hydrogens is 376 g/mol. The number of carbonyl (C=O) groups is 1. The Labute approximate surface area is 165 Å². The maximum Gasteiger partial charge on any atom is 0.258 e. The third-order valence-corrected chi connectivity index (χ3v) is 4.90. The fraction of sp³-hybridized carbons (Fsp3) is 0.105. The summed E-state index contributed by atoms with van der Waals surface area (Å²) in [6.07, 6.45) is 4.75. The van der Waals surface area contributed by atoms with Gasteiger partial charge in [-0.3, -0.25) is 4.79 Å². The molecule has 0 spiro atoms. The molecule has 0 saturated carbocycles. The van der Waals surface area contributed by atoms with E-state index in [-0.39, 0.29) is 5.91 Å². The summed E-state index contributed by atoms with van der Waals surface area (Å²) in [5, 5.41) is 11.6. The van der Waals surface area contributed by atoms with Gasteiger partial charge in [-0.25, -0.2) is 14.6 Å². The number of hydrogen-bond donors (Lipinski definition) is 1. The van der Waals surface area contributed by atoms with Crippen LogP contribution in [0.15, 0.2) is 70.9 Å². The van der Waals surface area contributed by atoms with Crippen LogP contribution in [0.5, 0.6) is 0 Å². The third kappa shape index (κ3) is 4.09. The van der Waals surface area contributed by atoms with Gasteiger partial charge in [-0.05, 0) is 43.3 Å². The minimum atomic E-state index is -0.222. The first-order valence-electron chi connectivity index (χ1n) is 8.45. The molecule has 0 fully saturated rings. The van der Waals surface area contributed by atoms with Crippen LogP contribution in [0.25, 0.3) is 5.69 Å². The molecule has 28 heavy (non-hydrogen) atoms. The monoisotopic (exact) mass is 392 g/mol. The molecule has 1 N–H and O–H groups in total. The normalized spacial score (nSPS) is 10.8. The van der Waals surface area contributed by atoms with Crippen LogP contribution >= 0.6 is 11.8 Å². The molecule has 1 aromatic carbocycles. The lowest BCUT2D eigenvalue weighted by molar-refractivity contribution is 0.102. The zero-order chi connectivity index (χ0) is 19.3. The number of anilines is 1. The second-order valence-electron chi connectivity index (χ2n) is 5.91. The Hall–Kier alpha value is -3.46. The van der Waals surface area contributed by atoms with Crippen LogP contribution in [0.2, 0.25) is 0 Å². The summed E-state index contributed by atoms with van der Waals surface area (Å²) in [7, 11) is 0. The molecule has 0 atom stereocenters. The van der Waals surface area contributed by atoms with Gasteiger partial charge in [-0.15, -0.1) is 0 Å². The van der Waals surface area contributed by atoms with Crippen LogP contribution in [-0.4, -0.2) is 30.8 Å². The lowest BCUT2D eigenvalue weighted by atomic mass is 10.2. The zero-order valence-electron chi connectivity index (χ0n) is 14.9. The van der Waals surface area contributed by atoms with Crippen LogP contribution in [-0.2, 0) is 5.75 Å². The lowest BCUT2D eigenvalue weighted by Gasteiger charge is -2.09. The number of hydrogen-bond acceptors (Lipinski definition) is 7. The van der Waals surface area contributed by atoms with Crippen molar-refractivity contribution in [1.82, 2.24) is 24.9 Å². The summed E-state index contributed by atoms with van der Waals surface area (Å²) < 4.78 is 6.72. The highest BCUT2D eigenvalue weighted by Gasteiger charge is 2.14. The van der Waals surface area contributed by atoms with Crippen LogP contribution in [0.1, 0.15) is 21.8 Å². The number of pyridine rings is 1. The average Bonchev–Trinajstić information content (AvgIpc) is 3.39. The summed E-state index contributed by atoms with van der Waals surface area (Å²) in [6.45, 7) is 1.84. The number of nitrogens with one attached hydrogen (secondary N) is 1. The van der Waals surface area contributed by atoms with E-state index in [2.05, 4.69) is 25.5 Å². The highest BCUT2D eigenvalue weighted by Crippen LogP contribution is 2.25. The van der Waals surface area contributed by atoms with E-state index in [1.54, 1.807) is 29.3 Å². The number of rotatable bonds is 6. The van der Waals surface area contributed by atoms with Crippen LogP contribution in [0, 0.1) is 6.92 Å². The van der Waals surface area contributed by atoms with Crippen LogP contribution < -0.4 is 5.32 Å². The Kier molecular flexibility index (Phi) is 5.16. The predicted molar refractivity (Wildman–Crippen MR) is 104 cm³/mol. The quantitative estimate of drug-likeness (QED) is 0.501. The third-order valence-electron chi connectivity index (χ3n) is 3.86. The number of aromatic nitrogens is 5. The van der Waals surface area contributed by atoms with E-state index >= 15 is 0 Å². The van der Waals surface area contributed by atoms with Crippen molar-refractivity contribution >= 4 is 23.4 Å². The Bertz CT molecular complexity index is 1080. The number of carbonyl (C=O) groups excluding carboxylic acids is 1. The number of benzene rings is 1. The van der Waals surface area contributed by atoms with Gasteiger partial charge < -0.3 is 9.84 Å².